The van der Waals surface area contributed by atoms with Crippen LogP contribution in [0.15, 0.2) is 18.2 Å². The normalized spacial score (nSPS) is 20.9. The summed E-state index contributed by atoms with van der Waals surface area (Å²) in [5, 5.41) is 4.55. The standard InChI is InChI=1S/C13H15FN2S/c14-10-3-4-11-12(7-10)17-13(16-11)6-9-2-1-5-15-8-9/h3-4,7,9,15H,1-2,5-6,8H2. The Hall–Kier alpha value is -1.00. The Morgan fingerprint density at radius 2 is 2.41 bits per heavy atom. The molecule has 1 N–H and O–H groups in total. The molecule has 0 bridgehead atoms. The highest BCUT2D eigenvalue weighted by molar-refractivity contribution is 7.18. The van der Waals surface area contributed by atoms with Crippen LogP contribution in [0.25, 0.3) is 10.2 Å². The summed E-state index contributed by atoms with van der Waals surface area (Å²) >= 11 is 1.63. The summed E-state index contributed by atoms with van der Waals surface area (Å²) in [5.74, 6) is 0.515. The predicted molar refractivity (Wildman–Crippen MR) is 68.9 cm³/mol. The number of benzene rings is 1. The zero-order valence-electron chi connectivity index (χ0n) is 9.58. The second-order valence-corrected chi connectivity index (χ2v) is 5.75. The number of rotatable bonds is 2. The summed E-state index contributed by atoms with van der Waals surface area (Å²) < 4.78 is 14.0. The second-order valence-electron chi connectivity index (χ2n) is 4.64. The number of piperidine rings is 1. The fraction of sp³-hybridized carbons (Fsp3) is 0.462. The molecule has 1 aliphatic rings. The van der Waals surface area contributed by atoms with Gasteiger partial charge in [0, 0.05) is 6.42 Å². The first-order valence-corrected chi connectivity index (χ1v) is 6.88. The third kappa shape index (κ3) is 2.48. The Labute approximate surface area is 104 Å². The highest BCUT2D eigenvalue weighted by Crippen LogP contribution is 2.26. The summed E-state index contributed by atoms with van der Waals surface area (Å²) in [6, 6.07) is 4.83. The van der Waals surface area contributed by atoms with E-state index in [2.05, 4.69) is 10.3 Å². The van der Waals surface area contributed by atoms with E-state index >= 15 is 0 Å². The molecule has 1 aromatic carbocycles. The first-order valence-electron chi connectivity index (χ1n) is 6.07. The number of aromatic nitrogens is 1. The molecule has 0 saturated carbocycles. The quantitative estimate of drug-likeness (QED) is 0.886. The van der Waals surface area contributed by atoms with E-state index in [0.717, 1.165) is 34.7 Å². The van der Waals surface area contributed by atoms with Gasteiger partial charge in [-0.3, -0.25) is 0 Å². The molecular weight excluding hydrogens is 235 g/mol. The SMILES string of the molecule is Fc1ccc2nc(CC3CCCNC3)sc2c1. The molecule has 0 spiro atoms. The molecule has 1 unspecified atom stereocenters. The smallest absolute Gasteiger partial charge is 0.124 e. The lowest BCUT2D eigenvalue weighted by molar-refractivity contribution is 0.376. The summed E-state index contributed by atoms with van der Waals surface area (Å²) in [6.07, 6.45) is 3.55. The van der Waals surface area contributed by atoms with E-state index in [-0.39, 0.29) is 5.82 Å². The van der Waals surface area contributed by atoms with Crippen LogP contribution in [0, 0.1) is 11.7 Å². The van der Waals surface area contributed by atoms with Crippen LogP contribution in [-0.4, -0.2) is 18.1 Å². The molecule has 1 fully saturated rings. The highest BCUT2D eigenvalue weighted by atomic mass is 32.1. The first kappa shape index (κ1) is 11.1. The summed E-state index contributed by atoms with van der Waals surface area (Å²) in [6.45, 7) is 2.23. The van der Waals surface area contributed by atoms with Gasteiger partial charge in [-0.2, -0.15) is 0 Å². The van der Waals surface area contributed by atoms with E-state index in [1.807, 2.05) is 0 Å². The van der Waals surface area contributed by atoms with Crippen LogP contribution in [0.1, 0.15) is 17.8 Å². The third-order valence-corrected chi connectivity index (χ3v) is 4.30. The maximum absolute atomic E-state index is 13.1. The number of nitrogens with zero attached hydrogens (tertiary/aromatic N) is 1. The number of nitrogens with one attached hydrogen (secondary N) is 1. The molecular formula is C13H15FN2S. The van der Waals surface area contributed by atoms with Gasteiger partial charge in [-0.05, 0) is 50.0 Å². The molecule has 1 aliphatic heterocycles. The van der Waals surface area contributed by atoms with E-state index in [9.17, 15) is 4.39 Å². The fourth-order valence-corrected chi connectivity index (χ4v) is 3.49. The van der Waals surface area contributed by atoms with Crippen molar-refractivity contribution in [1.29, 1.82) is 0 Å². The highest BCUT2D eigenvalue weighted by Gasteiger charge is 2.15. The summed E-state index contributed by atoms with van der Waals surface area (Å²) in [5.41, 5.74) is 0.926. The Morgan fingerprint density at radius 1 is 1.47 bits per heavy atom. The van der Waals surface area contributed by atoms with Crippen LogP contribution in [0.4, 0.5) is 4.39 Å². The molecule has 2 aromatic rings. The van der Waals surface area contributed by atoms with Crippen molar-refractivity contribution in [2.24, 2.45) is 5.92 Å². The van der Waals surface area contributed by atoms with Crippen molar-refractivity contribution in [3.05, 3.63) is 29.0 Å². The monoisotopic (exact) mass is 250 g/mol. The molecule has 3 rings (SSSR count). The molecule has 0 amide bonds. The minimum atomic E-state index is -0.174. The van der Waals surface area contributed by atoms with Gasteiger partial charge in [-0.15, -0.1) is 11.3 Å². The van der Waals surface area contributed by atoms with Gasteiger partial charge in [0.1, 0.15) is 5.82 Å². The van der Waals surface area contributed by atoms with Crippen molar-refractivity contribution in [2.75, 3.05) is 13.1 Å². The predicted octanol–water partition coefficient (Wildman–Crippen LogP) is 2.98. The van der Waals surface area contributed by atoms with Gasteiger partial charge < -0.3 is 5.32 Å². The number of fused-ring (bicyclic) bond motifs is 1. The topological polar surface area (TPSA) is 24.9 Å². The summed E-state index contributed by atoms with van der Waals surface area (Å²) in [7, 11) is 0. The molecule has 1 saturated heterocycles. The lowest BCUT2D eigenvalue weighted by Crippen LogP contribution is -2.30. The fourth-order valence-electron chi connectivity index (χ4n) is 2.38. The Bertz CT molecular complexity index is 517. The van der Waals surface area contributed by atoms with Gasteiger partial charge in [0.25, 0.3) is 0 Å². The van der Waals surface area contributed by atoms with Crippen LogP contribution in [0.5, 0.6) is 0 Å². The molecule has 0 aliphatic carbocycles. The molecule has 90 valence electrons. The largest absolute Gasteiger partial charge is 0.316 e. The van der Waals surface area contributed by atoms with Crippen molar-refractivity contribution in [3.63, 3.8) is 0 Å². The minimum Gasteiger partial charge on any atom is -0.316 e. The van der Waals surface area contributed by atoms with Crippen LogP contribution in [0.3, 0.4) is 0 Å². The molecule has 4 heteroatoms. The van der Waals surface area contributed by atoms with E-state index in [4.69, 9.17) is 0 Å². The molecule has 17 heavy (non-hydrogen) atoms. The zero-order valence-corrected chi connectivity index (χ0v) is 10.4. The Balaban J connectivity index is 1.80. The third-order valence-electron chi connectivity index (χ3n) is 3.26. The van der Waals surface area contributed by atoms with Crippen LogP contribution < -0.4 is 5.32 Å². The maximum atomic E-state index is 13.1. The van der Waals surface area contributed by atoms with Crippen molar-refractivity contribution < 1.29 is 4.39 Å². The number of thiazole rings is 1. The molecule has 2 nitrogen and oxygen atoms in total. The molecule has 0 radical (unpaired) electrons. The molecule has 2 heterocycles. The maximum Gasteiger partial charge on any atom is 0.124 e. The van der Waals surface area contributed by atoms with E-state index in [1.54, 1.807) is 23.5 Å². The average molecular weight is 250 g/mol. The number of hydrogen-bond donors (Lipinski definition) is 1. The Morgan fingerprint density at radius 3 is 3.24 bits per heavy atom. The van der Waals surface area contributed by atoms with Crippen LogP contribution in [-0.2, 0) is 6.42 Å². The van der Waals surface area contributed by atoms with Gasteiger partial charge in [-0.25, -0.2) is 9.37 Å². The van der Waals surface area contributed by atoms with Gasteiger partial charge in [-0.1, -0.05) is 0 Å². The van der Waals surface area contributed by atoms with Crippen LogP contribution in [0.2, 0.25) is 0 Å². The molecule has 1 atom stereocenters. The number of halogens is 1. The first-order chi connectivity index (χ1) is 8.31. The minimum absolute atomic E-state index is 0.174. The molecule has 1 aromatic heterocycles. The van der Waals surface area contributed by atoms with Crippen LogP contribution >= 0.6 is 11.3 Å². The van der Waals surface area contributed by atoms with E-state index < -0.39 is 0 Å². The number of hydrogen-bond acceptors (Lipinski definition) is 3. The Kier molecular flexibility index (Phi) is 3.07. The van der Waals surface area contributed by atoms with Crippen molar-refractivity contribution in [1.82, 2.24) is 10.3 Å². The van der Waals surface area contributed by atoms with E-state index in [0.29, 0.717) is 5.92 Å². The van der Waals surface area contributed by atoms with Gasteiger partial charge in [0.15, 0.2) is 0 Å². The van der Waals surface area contributed by atoms with E-state index in [1.165, 1.54) is 18.9 Å². The second kappa shape index (κ2) is 4.70. The average Bonchev–Trinajstić information content (AvgIpc) is 2.71. The lowest BCUT2D eigenvalue weighted by atomic mass is 9.97. The zero-order chi connectivity index (χ0) is 11.7. The van der Waals surface area contributed by atoms with Crippen molar-refractivity contribution in [3.8, 4) is 0 Å². The van der Waals surface area contributed by atoms with Gasteiger partial charge in [0.05, 0.1) is 15.2 Å². The van der Waals surface area contributed by atoms with Gasteiger partial charge >= 0.3 is 0 Å². The van der Waals surface area contributed by atoms with Crippen molar-refractivity contribution in [2.45, 2.75) is 19.3 Å². The van der Waals surface area contributed by atoms with Gasteiger partial charge in [0.2, 0.25) is 0 Å². The van der Waals surface area contributed by atoms with Crippen molar-refractivity contribution >= 4 is 21.6 Å². The lowest BCUT2D eigenvalue weighted by Gasteiger charge is -2.21. The summed E-state index contributed by atoms with van der Waals surface area (Å²) in [4.78, 5) is 4.57.